The zero-order valence-corrected chi connectivity index (χ0v) is 21.6. The number of morpholine rings is 1. The van der Waals surface area contributed by atoms with Crippen LogP contribution in [0.15, 0.2) is 60.9 Å². The average molecular weight is 506 g/mol. The van der Waals surface area contributed by atoms with Crippen molar-refractivity contribution in [3.05, 3.63) is 72.1 Å². The van der Waals surface area contributed by atoms with Crippen molar-refractivity contribution >= 4 is 32.6 Å². The molecule has 1 fully saturated rings. The summed E-state index contributed by atoms with van der Waals surface area (Å²) >= 11 is 0. The molecule has 2 N–H and O–H groups in total. The van der Waals surface area contributed by atoms with E-state index in [1.807, 2.05) is 42.5 Å². The van der Waals surface area contributed by atoms with Gasteiger partial charge >= 0.3 is 0 Å². The number of nitrogens with one attached hydrogen (secondary N) is 2. The largest absolute Gasteiger partial charge is 0.378 e. The summed E-state index contributed by atoms with van der Waals surface area (Å²) in [5.74, 6) is 0.815. The van der Waals surface area contributed by atoms with Crippen LogP contribution in [-0.2, 0) is 25.9 Å². The second-order valence-corrected chi connectivity index (χ2v) is 11.8. The van der Waals surface area contributed by atoms with E-state index >= 15 is 0 Å². The first-order valence-electron chi connectivity index (χ1n) is 12.0. The predicted octanol–water partition coefficient (Wildman–Crippen LogP) is 4.70. The van der Waals surface area contributed by atoms with Crippen molar-refractivity contribution in [1.29, 1.82) is 0 Å². The molecule has 2 aromatic carbocycles. The van der Waals surface area contributed by atoms with E-state index in [1.54, 1.807) is 18.5 Å². The van der Waals surface area contributed by atoms with Crippen LogP contribution in [0.2, 0.25) is 0 Å². The molecule has 1 saturated heterocycles. The van der Waals surface area contributed by atoms with E-state index in [2.05, 4.69) is 45.3 Å². The fourth-order valence-electron chi connectivity index (χ4n) is 4.36. The molecule has 0 saturated carbocycles. The van der Waals surface area contributed by atoms with Gasteiger partial charge in [-0.2, -0.15) is 0 Å². The first kappa shape index (κ1) is 24.3. The second kappa shape index (κ2) is 9.55. The first-order valence-corrected chi connectivity index (χ1v) is 13.7. The van der Waals surface area contributed by atoms with Gasteiger partial charge in [-0.05, 0) is 40.3 Å². The Morgan fingerprint density at radius 3 is 2.36 bits per heavy atom. The molecule has 9 heteroatoms. The van der Waals surface area contributed by atoms with Crippen LogP contribution in [0, 0.1) is 0 Å². The van der Waals surface area contributed by atoms with Crippen molar-refractivity contribution < 1.29 is 13.2 Å². The number of aromatic amines is 1. The molecule has 3 heterocycles. The van der Waals surface area contributed by atoms with E-state index in [4.69, 9.17) is 4.74 Å². The third-order valence-corrected chi connectivity index (χ3v) is 7.62. The summed E-state index contributed by atoms with van der Waals surface area (Å²) in [5.41, 5.74) is 5.07. The summed E-state index contributed by atoms with van der Waals surface area (Å²) in [6, 6.07) is 17.1. The van der Waals surface area contributed by atoms with Gasteiger partial charge in [-0.25, -0.2) is 18.4 Å². The molecule has 4 aromatic rings. The van der Waals surface area contributed by atoms with Crippen LogP contribution >= 0.6 is 0 Å². The molecule has 8 nitrogen and oxygen atoms in total. The van der Waals surface area contributed by atoms with Crippen molar-refractivity contribution in [2.75, 3.05) is 35.9 Å². The van der Waals surface area contributed by atoms with Gasteiger partial charge in [-0.15, -0.1) is 0 Å². The Morgan fingerprint density at radius 1 is 1.00 bits per heavy atom. The number of anilines is 2. The van der Waals surface area contributed by atoms with Gasteiger partial charge in [0, 0.05) is 24.5 Å². The van der Waals surface area contributed by atoms with E-state index in [9.17, 15) is 8.42 Å². The molecule has 36 heavy (non-hydrogen) atoms. The highest BCUT2D eigenvalue weighted by atomic mass is 32.2. The molecule has 0 spiro atoms. The Labute approximate surface area is 211 Å². The second-order valence-electron chi connectivity index (χ2n) is 10.1. The molecule has 1 aliphatic heterocycles. The molecular formula is C27H31N5O3S. The maximum atomic E-state index is 12.8. The fourth-order valence-corrected chi connectivity index (χ4v) is 5.56. The van der Waals surface area contributed by atoms with E-state index in [0.29, 0.717) is 18.9 Å². The van der Waals surface area contributed by atoms with Crippen molar-refractivity contribution in [2.24, 2.45) is 0 Å². The summed E-state index contributed by atoms with van der Waals surface area (Å²) in [4.78, 5) is 14.5. The minimum absolute atomic E-state index is 0.0268. The quantitative estimate of drug-likeness (QED) is 0.394. The standard InChI is InChI=1S/C27H31N5O3S/c1-27(2,3)21-8-4-19(5-9-21)17-36(33,34)31-22-10-6-20(7-11-22)24-16-23-25(30-24)28-18-29-26(23)32-12-14-35-15-13-32/h4-11,16,18,31H,12-15,17H2,1-3H3,(H,28,29,30). The summed E-state index contributed by atoms with van der Waals surface area (Å²) in [6.45, 7) is 9.36. The lowest BCUT2D eigenvalue weighted by Gasteiger charge is -2.27. The molecular weight excluding hydrogens is 474 g/mol. The van der Waals surface area contributed by atoms with E-state index in [0.717, 1.165) is 46.8 Å². The van der Waals surface area contributed by atoms with Crippen LogP contribution in [-0.4, -0.2) is 49.7 Å². The SMILES string of the molecule is CC(C)(C)c1ccc(CS(=O)(=O)Nc2ccc(-c3cc4c(N5CCOCC5)ncnc4[nH]3)cc2)cc1. The number of hydrogen-bond acceptors (Lipinski definition) is 6. The van der Waals surface area contributed by atoms with Crippen LogP contribution in [0.4, 0.5) is 11.5 Å². The number of benzene rings is 2. The highest BCUT2D eigenvalue weighted by Gasteiger charge is 2.18. The number of aromatic nitrogens is 3. The lowest BCUT2D eigenvalue weighted by molar-refractivity contribution is 0.122. The molecule has 0 bridgehead atoms. The van der Waals surface area contributed by atoms with Gasteiger partial charge in [0.15, 0.2) is 0 Å². The number of rotatable bonds is 6. The molecule has 0 aliphatic carbocycles. The van der Waals surface area contributed by atoms with Gasteiger partial charge < -0.3 is 14.6 Å². The van der Waals surface area contributed by atoms with Crippen molar-refractivity contribution in [3.8, 4) is 11.3 Å². The van der Waals surface area contributed by atoms with Crippen LogP contribution < -0.4 is 9.62 Å². The summed E-state index contributed by atoms with van der Waals surface area (Å²) in [5, 5.41) is 0.955. The molecule has 0 atom stereocenters. The van der Waals surface area contributed by atoms with E-state index < -0.39 is 10.0 Å². The normalized spacial score (nSPS) is 14.8. The number of nitrogens with zero attached hydrogens (tertiary/aromatic N) is 3. The third kappa shape index (κ3) is 5.37. The zero-order valence-electron chi connectivity index (χ0n) is 20.8. The molecule has 2 aromatic heterocycles. The molecule has 0 amide bonds. The van der Waals surface area contributed by atoms with E-state index in [-0.39, 0.29) is 11.2 Å². The fraction of sp³-hybridized carbons (Fsp3) is 0.333. The average Bonchev–Trinajstić information content (AvgIpc) is 3.29. The highest BCUT2D eigenvalue weighted by molar-refractivity contribution is 7.91. The number of H-pyrrole nitrogens is 1. The number of ether oxygens (including phenoxy) is 1. The first-order chi connectivity index (χ1) is 17.2. The Bertz CT molecular complexity index is 1450. The number of sulfonamides is 1. The smallest absolute Gasteiger partial charge is 0.236 e. The Balaban J connectivity index is 1.30. The predicted molar refractivity (Wildman–Crippen MR) is 144 cm³/mol. The van der Waals surface area contributed by atoms with Crippen LogP contribution in [0.5, 0.6) is 0 Å². The Hall–Kier alpha value is -3.43. The summed E-state index contributed by atoms with van der Waals surface area (Å²) in [7, 11) is -3.54. The molecule has 0 radical (unpaired) electrons. The van der Waals surface area contributed by atoms with Gasteiger partial charge in [0.2, 0.25) is 10.0 Å². The van der Waals surface area contributed by atoms with Crippen LogP contribution in [0.3, 0.4) is 0 Å². The minimum atomic E-state index is -3.54. The molecule has 1 aliphatic rings. The highest BCUT2D eigenvalue weighted by Crippen LogP contribution is 2.30. The lowest BCUT2D eigenvalue weighted by atomic mass is 9.87. The summed E-state index contributed by atoms with van der Waals surface area (Å²) in [6.07, 6.45) is 1.57. The van der Waals surface area contributed by atoms with Crippen LogP contribution in [0.1, 0.15) is 31.9 Å². The van der Waals surface area contributed by atoms with Gasteiger partial charge in [0.25, 0.3) is 0 Å². The maximum absolute atomic E-state index is 12.8. The minimum Gasteiger partial charge on any atom is -0.378 e. The van der Waals surface area contributed by atoms with Crippen LogP contribution in [0.25, 0.3) is 22.3 Å². The van der Waals surface area contributed by atoms with Crippen molar-refractivity contribution in [2.45, 2.75) is 31.9 Å². The van der Waals surface area contributed by atoms with Crippen molar-refractivity contribution in [3.63, 3.8) is 0 Å². The Kier molecular flexibility index (Phi) is 6.44. The topological polar surface area (TPSA) is 100 Å². The van der Waals surface area contributed by atoms with Gasteiger partial charge in [-0.3, -0.25) is 4.72 Å². The molecule has 5 rings (SSSR count). The summed E-state index contributed by atoms with van der Waals surface area (Å²) < 4.78 is 33.7. The third-order valence-electron chi connectivity index (χ3n) is 6.36. The van der Waals surface area contributed by atoms with Crippen molar-refractivity contribution in [1.82, 2.24) is 15.0 Å². The maximum Gasteiger partial charge on any atom is 0.236 e. The molecule has 0 unspecified atom stereocenters. The van der Waals surface area contributed by atoms with Gasteiger partial charge in [0.05, 0.1) is 24.4 Å². The molecule has 188 valence electrons. The van der Waals surface area contributed by atoms with Gasteiger partial charge in [-0.1, -0.05) is 57.2 Å². The van der Waals surface area contributed by atoms with E-state index in [1.165, 1.54) is 5.56 Å². The number of hydrogen-bond donors (Lipinski definition) is 2. The monoisotopic (exact) mass is 505 g/mol. The number of fused-ring (bicyclic) bond motifs is 1. The Morgan fingerprint density at radius 2 is 1.69 bits per heavy atom. The van der Waals surface area contributed by atoms with Gasteiger partial charge in [0.1, 0.15) is 17.8 Å². The lowest BCUT2D eigenvalue weighted by Crippen LogP contribution is -2.36. The zero-order chi connectivity index (χ0) is 25.3.